The van der Waals surface area contributed by atoms with Crippen molar-refractivity contribution in [2.24, 2.45) is 0 Å². The normalized spacial score (nSPS) is 12.1. The van der Waals surface area contributed by atoms with Crippen molar-refractivity contribution in [2.75, 3.05) is 39.1 Å². The smallest absolute Gasteiger partial charge is 0.410 e. The van der Waals surface area contributed by atoms with Crippen LogP contribution in [0.5, 0.6) is 0 Å². The van der Waals surface area contributed by atoms with E-state index in [1.165, 1.54) is 9.80 Å². The van der Waals surface area contributed by atoms with Crippen molar-refractivity contribution in [3.63, 3.8) is 0 Å². The van der Waals surface area contributed by atoms with Gasteiger partial charge < -0.3 is 28.9 Å². The Hall–Kier alpha value is -3.44. The molecule has 208 valence electrons. The number of fused-ring (bicyclic) bond motifs is 3. The molecule has 0 saturated heterocycles. The molecule has 3 rings (SSSR count). The number of benzene rings is 1. The van der Waals surface area contributed by atoms with Gasteiger partial charge >= 0.3 is 12.1 Å². The molecule has 0 unspecified atom stereocenters. The number of hydrogen-bond donors (Lipinski definition) is 2. The highest BCUT2D eigenvalue weighted by Gasteiger charge is 2.25. The molecule has 0 radical (unpaired) electrons. The summed E-state index contributed by atoms with van der Waals surface area (Å²) in [4.78, 5) is 37.8. The third-order valence-electron chi connectivity index (χ3n) is 5.69. The average molecular weight is 529 g/mol. The Labute approximate surface area is 223 Å². The largest absolute Gasteiger partial charge is 0.444 e. The molecule has 3 amide bonds. The summed E-state index contributed by atoms with van der Waals surface area (Å²) in [6.45, 7) is 12.4. The summed E-state index contributed by atoms with van der Waals surface area (Å²) in [5.41, 5.74) is 0.341. The molecule has 2 aromatic heterocycles. The van der Waals surface area contributed by atoms with E-state index in [1.54, 1.807) is 48.7 Å². The van der Waals surface area contributed by atoms with E-state index in [4.69, 9.17) is 19.4 Å². The van der Waals surface area contributed by atoms with Crippen molar-refractivity contribution in [1.29, 1.82) is 0 Å². The average Bonchev–Trinajstić information content (AvgIpc) is 3.16. The van der Waals surface area contributed by atoms with Gasteiger partial charge in [0.1, 0.15) is 23.5 Å². The number of pyridine rings is 1. The second-order valence-corrected chi connectivity index (χ2v) is 11.0. The third kappa shape index (κ3) is 7.32. The van der Waals surface area contributed by atoms with Crippen LogP contribution in [0, 0.1) is 0 Å². The lowest BCUT2D eigenvalue weighted by Crippen LogP contribution is -2.41. The Morgan fingerprint density at radius 3 is 2.34 bits per heavy atom. The van der Waals surface area contributed by atoms with Crippen LogP contribution in [0.25, 0.3) is 21.9 Å². The lowest BCUT2D eigenvalue weighted by Gasteiger charge is -2.26. The number of nitrogens with zero attached hydrogens (tertiary/aromatic N) is 5. The number of urea groups is 1. The highest BCUT2D eigenvalue weighted by molar-refractivity contribution is 6.09. The molecule has 0 saturated carbocycles. The number of imidazole rings is 1. The Bertz CT molecular complexity index is 1290. The summed E-state index contributed by atoms with van der Waals surface area (Å²) in [5.74, 6) is 0.938. The van der Waals surface area contributed by atoms with Gasteiger partial charge in [-0.05, 0) is 47.6 Å². The molecular formula is C27H40N6O5. The number of nitrogens with one attached hydrogen (secondary N) is 1. The Balaban J connectivity index is 1.92. The first-order chi connectivity index (χ1) is 17.7. The van der Waals surface area contributed by atoms with Gasteiger partial charge in [0.05, 0.1) is 23.2 Å². The monoisotopic (exact) mass is 528 g/mol. The van der Waals surface area contributed by atoms with Crippen molar-refractivity contribution >= 4 is 39.9 Å². The van der Waals surface area contributed by atoms with Crippen LogP contribution in [0.3, 0.4) is 0 Å². The number of carbonyl (C=O) groups is 2. The van der Waals surface area contributed by atoms with Gasteiger partial charge in [-0.2, -0.15) is 0 Å². The maximum atomic E-state index is 13.1. The minimum Gasteiger partial charge on any atom is -0.444 e. The van der Waals surface area contributed by atoms with Crippen LogP contribution < -0.4 is 5.32 Å². The number of para-hydroxylation sites is 1. The fraction of sp³-hybridized carbons (Fsp3) is 0.556. The maximum Gasteiger partial charge on any atom is 0.410 e. The van der Waals surface area contributed by atoms with Crippen LogP contribution in [-0.4, -0.2) is 86.6 Å². The zero-order valence-corrected chi connectivity index (χ0v) is 23.7. The van der Waals surface area contributed by atoms with E-state index in [-0.39, 0.29) is 26.2 Å². The molecule has 2 N–H and O–H groups in total. The van der Waals surface area contributed by atoms with Crippen molar-refractivity contribution < 1.29 is 24.2 Å². The summed E-state index contributed by atoms with van der Waals surface area (Å²) < 4.78 is 13.0. The van der Waals surface area contributed by atoms with Gasteiger partial charge in [0, 0.05) is 39.2 Å². The first-order valence-corrected chi connectivity index (χ1v) is 12.7. The van der Waals surface area contributed by atoms with Gasteiger partial charge in [-0.3, -0.25) is 5.32 Å². The predicted octanol–water partition coefficient (Wildman–Crippen LogP) is 4.22. The van der Waals surface area contributed by atoms with Gasteiger partial charge in [0.25, 0.3) is 0 Å². The summed E-state index contributed by atoms with van der Waals surface area (Å²) in [6, 6.07) is 7.22. The first kappa shape index (κ1) is 29.1. The molecule has 38 heavy (non-hydrogen) atoms. The summed E-state index contributed by atoms with van der Waals surface area (Å²) >= 11 is 0. The summed E-state index contributed by atoms with van der Waals surface area (Å²) in [5, 5.41) is 14.4. The lowest BCUT2D eigenvalue weighted by molar-refractivity contribution is 0.0291. The van der Waals surface area contributed by atoms with E-state index in [0.29, 0.717) is 29.3 Å². The molecule has 0 bridgehead atoms. The second kappa shape index (κ2) is 11.5. The molecule has 0 spiro atoms. The van der Waals surface area contributed by atoms with Crippen molar-refractivity contribution in [3.8, 4) is 0 Å². The highest BCUT2D eigenvalue weighted by atomic mass is 16.6. The van der Waals surface area contributed by atoms with Gasteiger partial charge in [-0.1, -0.05) is 18.2 Å². The van der Waals surface area contributed by atoms with E-state index in [2.05, 4.69) is 5.32 Å². The SMILES string of the molecule is CCOCc1nc2c(NC(=O)N(C)CCN(C)C(=O)OC(C)(C)C)nc3ccccc3c2n1CC(C)(C)O. The lowest BCUT2D eigenvalue weighted by atomic mass is 10.1. The fourth-order valence-corrected chi connectivity index (χ4v) is 3.86. The van der Waals surface area contributed by atoms with Crippen LogP contribution >= 0.6 is 0 Å². The van der Waals surface area contributed by atoms with Gasteiger partial charge in [-0.15, -0.1) is 0 Å². The zero-order valence-electron chi connectivity index (χ0n) is 23.7. The molecule has 2 heterocycles. The molecule has 0 aliphatic heterocycles. The number of hydrogen-bond acceptors (Lipinski definition) is 7. The van der Waals surface area contributed by atoms with E-state index >= 15 is 0 Å². The van der Waals surface area contributed by atoms with Crippen LogP contribution in [0.1, 0.15) is 47.4 Å². The molecule has 11 nitrogen and oxygen atoms in total. The number of ether oxygens (including phenoxy) is 2. The van der Waals surface area contributed by atoms with Crippen molar-refractivity contribution in [3.05, 3.63) is 30.1 Å². The summed E-state index contributed by atoms with van der Waals surface area (Å²) in [6.07, 6.45) is -0.455. The van der Waals surface area contributed by atoms with Crippen LogP contribution in [0.15, 0.2) is 24.3 Å². The number of rotatable bonds is 9. The molecule has 0 fully saturated rings. The summed E-state index contributed by atoms with van der Waals surface area (Å²) in [7, 11) is 3.27. The first-order valence-electron chi connectivity index (χ1n) is 12.7. The minimum atomic E-state index is -1.01. The van der Waals surface area contributed by atoms with E-state index in [9.17, 15) is 14.7 Å². The second-order valence-electron chi connectivity index (χ2n) is 11.0. The quantitative estimate of drug-likeness (QED) is 0.426. The minimum absolute atomic E-state index is 0.250. The van der Waals surface area contributed by atoms with Gasteiger partial charge in [-0.25, -0.2) is 19.6 Å². The van der Waals surface area contributed by atoms with Crippen LogP contribution in [0.2, 0.25) is 0 Å². The number of aromatic nitrogens is 3. The maximum absolute atomic E-state index is 13.1. The van der Waals surface area contributed by atoms with Crippen LogP contribution in [0.4, 0.5) is 15.4 Å². The molecule has 0 aliphatic carbocycles. The van der Waals surface area contributed by atoms with Crippen LogP contribution in [-0.2, 0) is 22.6 Å². The third-order valence-corrected chi connectivity index (χ3v) is 5.69. The number of likely N-dealkylation sites (N-methyl/N-ethyl adjacent to an activating group) is 2. The molecule has 1 aromatic carbocycles. The molecule has 0 atom stereocenters. The highest BCUT2D eigenvalue weighted by Crippen LogP contribution is 2.31. The number of amides is 3. The molecule has 3 aromatic rings. The Kier molecular flexibility index (Phi) is 8.83. The molecule has 11 heteroatoms. The Morgan fingerprint density at radius 1 is 1.05 bits per heavy atom. The van der Waals surface area contributed by atoms with E-state index < -0.39 is 23.3 Å². The van der Waals surface area contributed by atoms with E-state index in [0.717, 1.165) is 10.9 Å². The molecule has 0 aliphatic rings. The topological polar surface area (TPSA) is 122 Å². The Morgan fingerprint density at radius 2 is 1.71 bits per heavy atom. The fourth-order valence-electron chi connectivity index (χ4n) is 3.86. The van der Waals surface area contributed by atoms with E-state index in [1.807, 2.05) is 35.8 Å². The van der Waals surface area contributed by atoms with Crippen molar-refractivity contribution in [2.45, 2.75) is 65.9 Å². The molecular weight excluding hydrogens is 488 g/mol. The predicted molar refractivity (Wildman–Crippen MR) is 147 cm³/mol. The van der Waals surface area contributed by atoms with Gasteiger partial charge in [0.2, 0.25) is 0 Å². The van der Waals surface area contributed by atoms with Gasteiger partial charge in [0.15, 0.2) is 5.82 Å². The van der Waals surface area contributed by atoms with Crippen molar-refractivity contribution in [1.82, 2.24) is 24.3 Å². The number of carbonyl (C=O) groups excluding carboxylic acids is 2. The standard InChI is InChI=1S/C27H40N6O5/c1-9-37-16-20-29-21-22(33(20)17-27(5,6)36)18-12-10-11-13-19(18)28-23(21)30-24(34)31(7)14-15-32(8)25(35)38-26(2,3)4/h10-13,36H,9,14-17H2,1-8H3,(H,28,30,34). The number of anilines is 1. The zero-order chi connectivity index (χ0) is 28.3. The number of aliphatic hydroxyl groups is 1.